The quantitative estimate of drug-likeness (QED) is 0.738. The van der Waals surface area contributed by atoms with Gasteiger partial charge >= 0.3 is 6.18 Å². The first kappa shape index (κ1) is 21.5. The van der Waals surface area contributed by atoms with Crippen LogP contribution in [0.2, 0.25) is 5.02 Å². The number of hydrogen-bond acceptors (Lipinski definition) is 3. The average Bonchev–Trinajstić information content (AvgIpc) is 2.68. The number of amides is 1. The lowest BCUT2D eigenvalue weighted by atomic mass is 10.0. The van der Waals surface area contributed by atoms with Crippen molar-refractivity contribution >= 4 is 17.5 Å². The lowest BCUT2D eigenvalue weighted by Gasteiger charge is -2.32. The minimum Gasteiger partial charge on any atom is -0.482 e. The van der Waals surface area contributed by atoms with Crippen LogP contribution in [0, 0.1) is 0 Å². The van der Waals surface area contributed by atoms with Gasteiger partial charge in [0.05, 0.1) is 10.6 Å². The first-order valence-electron chi connectivity index (χ1n) is 9.36. The van der Waals surface area contributed by atoms with Crippen molar-refractivity contribution in [3.8, 4) is 5.75 Å². The molecule has 2 aromatic carbocycles. The molecule has 0 saturated carbocycles. The highest BCUT2D eigenvalue weighted by Gasteiger charge is 2.30. The van der Waals surface area contributed by atoms with E-state index >= 15 is 0 Å². The topological polar surface area (TPSA) is 41.6 Å². The number of para-hydroxylation sites is 1. The van der Waals surface area contributed by atoms with Crippen molar-refractivity contribution in [2.75, 3.05) is 19.7 Å². The number of alkyl halides is 3. The van der Waals surface area contributed by atoms with Gasteiger partial charge in [0, 0.05) is 25.7 Å². The number of piperidine rings is 1. The molecule has 1 saturated heterocycles. The molecule has 3 rings (SSSR count). The smallest absolute Gasteiger partial charge is 0.416 e. The van der Waals surface area contributed by atoms with Crippen LogP contribution < -0.4 is 10.1 Å². The van der Waals surface area contributed by atoms with Gasteiger partial charge in [-0.15, -0.1) is 0 Å². The average molecular weight is 427 g/mol. The molecule has 0 spiro atoms. The fourth-order valence-electron chi connectivity index (χ4n) is 3.31. The highest BCUT2D eigenvalue weighted by atomic mass is 35.5. The maximum absolute atomic E-state index is 12.8. The third kappa shape index (κ3) is 6.37. The van der Waals surface area contributed by atoms with Crippen molar-refractivity contribution in [2.24, 2.45) is 0 Å². The van der Waals surface area contributed by atoms with Crippen LogP contribution in [-0.2, 0) is 17.5 Å². The highest BCUT2D eigenvalue weighted by molar-refractivity contribution is 6.32. The van der Waals surface area contributed by atoms with Crippen molar-refractivity contribution in [1.29, 1.82) is 0 Å². The van der Waals surface area contributed by atoms with Crippen LogP contribution in [0.15, 0.2) is 48.5 Å². The molecule has 1 fully saturated rings. The van der Waals surface area contributed by atoms with Crippen molar-refractivity contribution in [1.82, 2.24) is 10.2 Å². The summed E-state index contributed by atoms with van der Waals surface area (Å²) in [7, 11) is 0. The number of halogens is 4. The Kier molecular flexibility index (Phi) is 7.03. The van der Waals surface area contributed by atoms with Crippen LogP contribution in [0.1, 0.15) is 24.0 Å². The maximum atomic E-state index is 12.8. The molecule has 156 valence electrons. The SMILES string of the molecule is O=C(COc1ccccc1Cl)NC1CCN(Cc2cccc(C(F)(F)F)c2)CC1. The third-order valence-corrected chi connectivity index (χ3v) is 5.12. The number of rotatable bonds is 6. The molecule has 0 bridgehead atoms. The molecular formula is C21H22ClF3N2O2. The number of nitrogens with zero attached hydrogens (tertiary/aromatic N) is 1. The van der Waals surface area contributed by atoms with Gasteiger partial charge in [0.2, 0.25) is 0 Å². The van der Waals surface area contributed by atoms with Gasteiger partial charge in [-0.25, -0.2) is 0 Å². The van der Waals surface area contributed by atoms with E-state index in [0.717, 1.165) is 18.9 Å². The number of carbonyl (C=O) groups is 1. The lowest BCUT2D eigenvalue weighted by molar-refractivity contribution is -0.137. The Morgan fingerprint density at radius 2 is 1.86 bits per heavy atom. The Balaban J connectivity index is 1.42. The van der Waals surface area contributed by atoms with Crippen LogP contribution in [0.5, 0.6) is 5.75 Å². The number of hydrogen-bond donors (Lipinski definition) is 1. The lowest BCUT2D eigenvalue weighted by Crippen LogP contribution is -2.45. The molecule has 1 amide bonds. The molecule has 1 aliphatic rings. The fraction of sp³-hybridized carbons (Fsp3) is 0.381. The second-order valence-corrected chi connectivity index (χ2v) is 7.44. The van der Waals surface area contributed by atoms with Crippen molar-refractivity contribution < 1.29 is 22.7 Å². The summed E-state index contributed by atoms with van der Waals surface area (Å²) < 4.78 is 44.0. The van der Waals surface area contributed by atoms with Crippen molar-refractivity contribution in [2.45, 2.75) is 31.6 Å². The van der Waals surface area contributed by atoms with Gasteiger partial charge in [-0.2, -0.15) is 13.2 Å². The molecular weight excluding hydrogens is 405 g/mol. The van der Waals surface area contributed by atoms with E-state index in [1.165, 1.54) is 12.1 Å². The summed E-state index contributed by atoms with van der Waals surface area (Å²) in [6.07, 6.45) is -2.87. The summed E-state index contributed by atoms with van der Waals surface area (Å²) in [5.41, 5.74) is 0.00567. The summed E-state index contributed by atoms with van der Waals surface area (Å²) in [4.78, 5) is 14.2. The second-order valence-electron chi connectivity index (χ2n) is 7.04. The van der Waals surface area contributed by atoms with Gasteiger partial charge in [-0.05, 0) is 36.6 Å². The predicted octanol–water partition coefficient (Wildman–Crippen LogP) is 4.52. The summed E-state index contributed by atoms with van der Waals surface area (Å²) >= 11 is 5.99. The number of carbonyl (C=O) groups excluding carboxylic acids is 1. The van der Waals surface area contributed by atoms with Crippen LogP contribution in [-0.4, -0.2) is 36.5 Å². The zero-order valence-corrected chi connectivity index (χ0v) is 16.5. The Hall–Kier alpha value is -2.25. The van der Waals surface area contributed by atoms with Crippen LogP contribution in [0.3, 0.4) is 0 Å². The van der Waals surface area contributed by atoms with Crippen molar-refractivity contribution in [3.05, 3.63) is 64.7 Å². The molecule has 0 unspecified atom stereocenters. The normalized spacial score (nSPS) is 15.9. The first-order valence-corrected chi connectivity index (χ1v) is 9.74. The summed E-state index contributed by atoms with van der Waals surface area (Å²) in [5.74, 6) is 0.237. The highest BCUT2D eigenvalue weighted by Crippen LogP contribution is 2.30. The Morgan fingerprint density at radius 3 is 2.55 bits per heavy atom. The maximum Gasteiger partial charge on any atom is 0.416 e. The Bertz CT molecular complexity index is 837. The van der Waals surface area contributed by atoms with Gasteiger partial charge in [-0.1, -0.05) is 41.9 Å². The van der Waals surface area contributed by atoms with E-state index in [1.54, 1.807) is 30.3 Å². The summed E-state index contributed by atoms with van der Waals surface area (Å²) in [5, 5.41) is 3.39. The minimum absolute atomic E-state index is 0.0232. The molecule has 4 nitrogen and oxygen atoms in total. The Labute approximate surface area is 172 Å². The van der Waals surface area contributed by atoms with Crippen LogP contribution in [0.4, 0.5) is 13.2 Å². The number of nitrogens with one attached hydrogen (secondary N) is 1. The van der Waals surface area contributed by atoms with E-state index in [0.29, 0.717) is 36.0 Å². The number of likely N-dealkylation sites (tertiary alicyclic amines) is 1. The summed E-state index contributed by atoms with van der Waals surface area (Å²) in [6, 6.07) is 12.4. The van der Waals surface area contributed by atoms with Gasteiger partial charge in [0.25, 0.3) is 5.91 Å². The monoisotopic (exact) mass is 426 g/mol. The van der Waals surface area contributed by atoms with E-state index in [2.05, 4.69) is 10.2 Å². The van der Waals surface area contributed by atoms with Gasteiger partial charge in [-0.3, -0.25) is 9.69 Å². The zero-order chi connectivity index (χ0) is 20.9. The molecule has 2 aromatic rings. The molecule has 1 heterocycles. The third-order valence-electron chi connectivity index (χ3n) is 4.81. The van der Waals surface area contributed by atoms with Gasteiger partial charge in [0.15, 0.2) is 6.61 Å². The van der Waals surface area contributed by atoms with Crippen molar-refractivity contribution in [3.63, 3.8) is 0 Å². The van der Waals surface area contributed by atoms with Crippen LogP contribution in [0.25, 0.3) is 0 Å². The van der Waals surface area contributed by atoms with Gasteiger partial charge < -0.3 is 10.1 Å². The summed E-state index contributed by atoms with van der Waals surface area (Å²) in [6.45, 7) is 1.74. The molecule has 1 aliphatic heterocycles. The minimum atomic E-state index is -4.33. The van der Waals surface area contributed by atoms with Gasteiger partial charge in [0.1, 0.15) is 5.75 Å². The molecule has 0 atom stereocenters. The largest absolute Gasteiger partial charge is 0.482 e. The number of ether oxygens (including phenoxy) is 1. The standard InChI is InChI=1S/C21H22ClF3N2O2/c22-18-6-1-2-7-19(18)29-14-20(28)26-17-8-10-27(11-9-17)13-15-4-3-5-16(12-15)21(23,24)25/h1-7,12,17H,8-11,13-14H2,(H,26,28). The van der Waals surface area contributed by atoms with E-state index in [-0.39, 0.29) is 18.6 Å². The molecule has 0 aliphatic carbocycles. The zero-order valence-electron chi connectivity index (χ0n) is 15.7. The molecule has 8 heteroatoms. The molecule has 0 aromatic heterocycles. The molecule has 29 heavy (non-hydrogen) atoms. The molecule has 1 N–H and O–H groups in total. The van der Waals surface area contributed by atoms with Crippen LogP contribution >= 0.6 is 11.6 Å². The van der Waals surface area contributed by atoms with E-state index in [1.807, 2.05) is 0 Å². The van der Waals surface area contributed by atoms with E-state index in [4.69, 9.17) is 16.3 Å². The number of benzene rings is 2. The van der Waals surface area contributed by atoms with E-state index in [9.17, 15) is 18.0 Å². The molecule has 0 radical (unpaired) electrons. The second kappa shape index (κ2) is 9.50. The van der Waals surface area contributed by atoms with E-state index < -0.39 is 11.7 Å². The predicted molar refractivity (Wildman–Crippen MR) is 105 cm³/mol. The first-order chi connectivity index (χ1) is 13.8. The Morgan fingerprint density at radius 1 is 1.14 bits per heavy atom. The fourth-order valence-corrected chi connectivity index (χ4v) is 3.50.